The third kappa shape index (κ3) is 1.81. The van der Waals surface area contributed by atoms with E-state index in [0.29, 0.717) is 0 Å². The van der Waals surface area contributed by atoms with Crippen LogP contribution >= 0.6 is 0 Å². The van der Waals surface area contributed by atoms with Crippen LogP contribution in [-0.2, 0) is 0 Å². The van der Waals surface area contributed by atoms with Gasteiger partial charge in [-0.1, -0.05) is 0 Å². The number of anilines is 1. The highest BCUT2D eigenvalue weighted by Gasteiger charge is 2.04. The summed E-state index contributed by atoms with van der Waals surface area (Å²) in [6.07, 6.45) is 0. The SMILES string of the molecule is [2H]C([2H])([2H])N(CCO)c1noc(=O)[nH]1. The van der Waals surface area contributed by atoms with Crippen molar-refractivity contribution in [3.8, 4) is 0 Å². The van der Waals surface area contributed by atoms with Gasteiger partial charge in [0.2, 0.25) is 5.95 Å². The van der Waals surface area contributed by atoms with Crippen LogP contribution < -0.4 is 10.7 Å². The van der Waals surface area contributed by atoms with Crippen LogP contribution in [0.2, 0.25) is 0 Å². The molecule has 0 aliphatic rings. The molecule has 62 valence electrons. The number of aliphatic hydroxyl groups excluding tert-OH is 1. The molecule has 11 heavy (non-hydrogen) atoms. The van der Waals surface area contributed by atoms with Crippen LogP contribution in [0.1, 0.15) is 4.11 Å². The van der Waals surface area contributed by atoms with Crippen molar-refractivity contribution >= 4 is 5.95 Å². The lowest BCUT2D eigenvalue weighted by atomic mass is 10.6. The molecule has 1 rings (SSSR count). The summed E-state index contributed by atoms with van der Waals surface area (Å²) in [4.78, 5) is 13.4. The Labute approximate surface area is 66.6 Å². The summed E-state index contributed by atoms with van der Waals surface area (Å²) in [5, 5.41) is 11.8. The Morgan fingerprint density at radius 3 is 3.27 bits per heavy atom. The van der Waals surface area contributed by atoms with Crippen molar-refractivity contribution in [1.29, 1.82) is 0 Å². The second-order valence-electron chi connectivity index (χ2n) is 1.79. The van der Waals surface area contributed by atoms with Gasteiger partial charge in [0, 0.05) is 17.6 Å². The average molecular weight is 162 g/mol. The highest BCUT2D eigenvalue weighted by atomic mass is 16.5. The molecule has 6 heteroatoms. The summed E-state index contributed by atoms with van der Waals surface area (Å²) >= 11 is 0. The molecule has 0 unspecified atom stereocenters. The molecule has 2 N–H and O–H groups in total. The molecule has 0 aromatic carbocycles. The quantitative estimate of drug-likeness (QED) is 0.582. The van der Waals surface area contributed by atoms with Gasteiger partial charge in [-0.05, 0) is 5.16 Å². The lowest BCUT2D eigenvalue weighted by Gasteiger charge is -2.11. The number of aliphatic hydroxyl groups is 1. The predicted octanol–water partition coefficient (Wildman–Crippen LogP) is -1.21. The van der Waals surface area contributed by atoms with Gasteiger partial charge < -0.3 is 10.0 Å². The second kappa shape index (κ2) is 3.20. The summed E-state index contributed by atoms with van der Waals surface area (Å²) in [6.45, 7) is -3.02. The molecule has 0 aliphatic carbocycles. The van der Waals surface area contributed by atoms with E-state index in [0.717, 1.165) is 4.90 Å². The number of nitrogens with zero attached hydrogens (tertiary/aromatic N) is 2. The Hall–Kier alpha value is -1.30. The minimum Gasteiger partial charge on any atom is -0.395 e. The Kier molecular flexibility index (Phi) is 1.32. The van der Waals surface area contributed by atoms with Gasteiger partial charge in [0.25, 0.3) is 0 Å². The Morgan fingerprint density at radius 1 is 2.00 bits per heavy atom. The smallest absolute Gasteiger partial charge is 0.395 e. The first-order valence-corrected chi connectivity index (χ1v) is 2.89. The zero-order valence-corrected chi connectivity index (χ0v) is 5.57. The number of aromatic amines is 1. The van der Waals surface area contributed by atoms with Crippen molar-refractivity contribution in [2.75, 3.05) is 25.0 Å². The van der Waals surface area contributed by atoms with Crippen LogP contribution in [0.25, 0.3) is 0 Å². The molecular formula is C5H9N3O3. The summed E-state index contributed by atoms with van der Waals surface area (Å²) in [6, 6.07) is 0. The molecule has 0 atom stereocenters. The van der Waals surface area contributed by atoms with E-state index >= 15 is 0 Å². The van der Waals surface area contributed by atoms with Gasteiger partial charge in [0.1, 0.15) is 0 Å². The van der Waals surface area contributed by atoms with Gasteiger partial charge in [0.05, 0.1) is 6.61 Å². The third-order valence-electron chi connectivity index (χ3n) is 1.01. The van der Waals surface area contributed by atoms with Crippen molar-refractivity contribution in [3.05, 3.63) is 10.6 Å². The summed E-state index contributed by atoms with van der Waals surface area (Å²) in [5.74, 6) is -1.06. The van der Waals surface area contributed by atoms with Crippen LogP contribution in [0.4, 0.5) is 5.95 Å². The number of hydrogen-bond donors (Lipinski definition) is 2. The van der Waals surface area contributed by atoms with Crippen LogP contribution in [0.3, 0.4) is 0 Å². The first-order chi connectivity index (χ1) is 6.45. The molecule has 6 nitrogen and oxygen atoms in total. The van der Waals surface area contributed by atoms with Gasteiger partial charge in [0.15, 0.2) is 0 Å². The van der Waals surface area contributed by atoms with Crippen molar-refractivity contribution in [3.63, 3.8) is 0 Å². The normalized spacial score (nSPS) is 15.2. The molecule has 1 aromatic heterocycles. The fourth-order valence-corrected chi connectivity index (χ4v) is 0.544. The van der Waals surface area contributed by atoms with Gasteiger partial charge >= 0.3 is 5.76 Å². The number of aromatic nitrogens is 2. The number of hydrogen-bond acceptors (Lipinski definition) is 5. The zero-order valence-electron chi connectivity index (χ0n) is 8.57. The highest BCUT2D eigenvalue weighted by molar-refractivity contribution is 5.23. The number of likely N-dealkylation sites (N-methyl/N-ethyl adjacent to an activating group) is 1. The van der Waals surface area contributed by atoms with Crippen molar-refractivity contribution in [2.24, 2.45) is 0 Å². The molecule has 0 fully saturated rings. The summed E-state index contributed by atoms with van der Waals surface area (Å²) < 4.78 is 25.4. The maximum atomic E-state index is 10.6. The first-order valence-electron chi connectivity index (χ1n) is 4.39. The van der Waals surface area contributed by atoms with Crippen LogP contribution in [0, 0.1) is 0 Å². The minimum absolute atomic E-state index is 0.168. The monoisotopic (exact) mass is 162 g/mol. The molecule has 0 bridgehead atoms. The van der Waals surface area contributed by atoms with E-state index in [1.165, 1.54) is 0 Å². The Balaban J connectivity index is 2.94. The molecule has 0 saturated heterocycles. The summed E-state index contributed by atoms with van der Waals surface area (Å²) in [5.41, 5.74) is 0. The van der Waals surface area contributed by atoms with Crippen molar-refractivity contribution < 1.29 is 13.7 Å². The number of nitrogens with one attached hydrogen (secondary N) is 1. The maximum Gasteiger partial charge on any atom is 0.440 e. The molecule has 0 spiro atoms. The second-order valence-corrected chi connectivity index (χ2v) is 1.79. The summed E-state index contributed by atoms with van der Waals surface area (Å²) in [7, 11) is 0. The fourth-order valence-electron chi connectivity index (χ4n) is 0.544. The molecule has 1 heterocycles. The van der Waals surface area contributed by atoms with Crippen LogP contribution in [-0.4, -0.2) is 35.4 Å². The first kappa shape index (κ1) is 4.55. The lowest BCUT2D eigenvalue weighted by Crippen LogP contribution is -2.22. The van der Waals surface area contributed by atoms with Gasteiger partial charge in [-0.25, -0.2) is 4.79 Å². The van der Waals surface area contributed by atoms with E-state index in [1.54, 1.807) is 0 Å². The van der Waals surface area contributed by atoms with Gasteiger partial charge in [-0.3, -0.25) is 9.51 Å². The Morgan fingerprint density at radius 2 is 2.82 bits per heavy atom. The van der Waals surface area contributed by atoms with Crippen LogP contribution in [0.5, 0.6) is 0 Å². The predicted molar refractivity (Wildman–Crippen MR) is 37.5 cm³/mol. The maximum absolute atomic E-state index is 10.6. The standard InChI is InChI=1S/C5H9N3O3/c1-8(2-3-9)4-6-5(10)11-7-4/h9H,2-3H2,1H3,(H,6,7,10)/i1D3. The van der Waals surface area contributed by atoms with Crippen molar-refractivity contribution in [2.45, 2.75) is 0 Å². The third-order valence-corrected chi connectivity index (χ3v) is 1.01. The molecular weight excluding hydrogens is 150 g/mol. The highest BCUT2D eigenvalue weighted by Crippen LogP contribution is 1.97. The molecule has 0 amide bonds. The van der Waals surface area contributed by atoms with Crippen LogP contribution in [0.15, 0.2) is 9.32 Å². The molecule has 1 aromatic rings. The van der Waals surface area contributed by atoms with E-state index in [1.807, 2.05) is 0 Å². The molecule has 0 aliphatic heterocycles. The Bertz CT molecular complexity index is 344. The van der Waals surface area contributed by atoms with Crippen molar-refractivity contribution in [1.82, 2.24) is 10.1 Å². The van der Waals surface area contributed by atoms with E-state index in [-0.39, 0.29) is 19.1 Å². The minimum atomic E-state index is -2.48. The fraction of sp³-hybridized carbons (Fsp3) is 0.600. The van der Waals surface area contributed by atoms with Gasteiger partial charge in [-0.2, -0.15) is 0 Å². The zero-order chi connectivity index (χ0) is 10.8. The van der Waals surface area contributed by atoms with E-state index in [9.17, 15) is 4.79 Å². The number of rotatable bonds is 3. The van der Waals surface area contributed by atoms with Gasteiger partial charge in [-0.15, -0.1) is 0 Å². The molecule has 0 saturated carbocycles. The topological polar surface area (TPSA) is 82.4 Å². The number of H-pyrrole nitrogens is 1. The largest absolute Gasteiger partial charge is 0.440 e. The van der Waals surface area contributed by atoms with E-state index < -0.39 is 12.7 Å². The van der Waals surface area contributed by atoms with E-state index in [4.69, 9.17) is 9.22 Å². The average Bonchev–Trinajstić information content (AvgIpc) is 2.45. The van der Waals surface area contributed by atoms with E-state index in [2.05, 4.69) is 14.7 Å². The lowest BCUT2D eigenvalue weighted by molar-refractivity contribution is 0.303. The molecule has 0 radical (unpaired) electrons.